The average Bonchev–Trinajstić information content (AvgIpc) is 3.07. The largest absolute Gasteiger partial charge is 0.368 e. The molecule has 4 heteroatoms. The van der Waals surface area contributed by atoms with Crippen LogP contribution >= 0.6 is 11.3 Å². The molecular weight excluding hydrogens is 314 g/mol. The van der Waals surface area contributed by atoms with Crippen LogP contribution in [0.15, 0.2) is 54.6 Å². The molecule has 0 N–H and O–H groups in total. The number of thiophene rings is 1. The zero-order valence-corrected chi connectivity index (χ0v) is 14.3. The normalized spacial score (nSPS) is 15.5. The summed E-state index contributed by atoms with van der Waals surface area (Å²) in [5.74, 6) is 0. The average molecular weight is 333 g/mol. The van der Waals surface area contributed by atoms with Gasteiger partial charge in [0.2, 0.25) is 0 Å². The summed E-state index contributed by atoms with van der Waals surface area (Å²) in [6, 6.07) is 21.4. The van der Waals surface area contributed by atoms with Crippen LogP contribution in [-0.4, -0.2) is 31.1 Å². The van der Waals surface area contributed by atoms with Crippen molar-refractivity contribution in [2.24, 2.45) is 0 Å². The van der Waals surface area contributed by atoms with Crippen molar-refractivity contribution < 1.29 is 0 Å². The van der Waals surface area contributed by atoms with Crippen molar-refractivity contribution >= 4 is 27.1 Å². The number of benzene rings is 2. The van der Waals surface area contributed by atoms with Crippen molar-refractivity contribution in [2.75, 3.05) is 31.1 Å². The second-order valence-corrected chi connectivity index (χ2v) is 7.24. The molecule has 1 aliphatic heterocycles. The van der Waals surface area contributed by atoms with Gasteiger partial charge < -0.3 is 4.90 Å². The molecule has 120 valence electrons. The first-order valence-electron chi connectivity index (χ1n) is 8.27. The SMILES string of the molecule is N#Cc1cc2c(N3CCN(Cc4ccccc4)CC3)cccc2s1. The Labute approximate surface area is 146 Å². The van der Waals surface area contributed by atoms with E-state index < -0.39 is 0 Å². The number of hydrogen-bond acceptors (Lipinski definition) is 4. The molecule has 0 bridgehead atoms. The highest BCUT2D eigenvalue weighted by molar-refractivity contribution is 7.19. The van der Waals surface area contributed by atoms with Crippen LogP contribution in [0.5, 0.6) is 0 Å². The van der Waals surface area contributed by atoms with Crippen molar-refractivity contribution in [2.45, 2.75) is 6.54 Å². The summed E-state index contributed by atoms with van der Waals surface area (Å²) in [6.07, 6.45) is 0. The Bertz CT molecular complexity index is 871. The summed E-state index contributed by atoms with van der Waals surface area (Å²) in [4.78, 5) is 5.76. The highest BCUT2D eigenvalue weighted by Crippen LogP contribution is 2.33. The molecule has 0 aliphatic carbocycles. The fraction of sp³-hybridized carbons (Fsp3) is 0.250. The molecular formula is C20H19N3S. The van der Waals surface area contributed by atoms with Crippen LogP contribution in [0.3, 0.4) is 0 Å². The Kier molecular flexibility index (Phi) is 4.20. The summed E-state index contributed by atoms with van der Waals surface area (Å²) in [5.41, 5.74) is 2.65. The molecule has 1 fully saturated rings. The van der Waals surface area contributed by atoms with Gasteiger partial charge in [0, 0.05) is 48.5 Å². The molecule has 0 amide bonds. The third kappa shape index (κ3) is 3.01. The van der Waals surface area contributed by atoms with Gasteiger partial charge in [0.25, 0.3) is 0 Å². The van der Waals surface area contributed by atoms with Gasteiger partial charge >= 0.3 is 0 Å². The molecule has 24 heavy (non-hydrogen) atoms. The van der Waals surface area contributed by atoms with Gasteiger partial charge in [-0.1, -0.05) is 36.4 Å². The van der Waals surface area contributed by atoms with E-state index in [0.717, 1.165) is 37.6 Å². The number of nitriles is 1. The lowest BCUT2D eigenvalue weighted by atomic mass is 10.1. The number of rotatable bonds is 3. The number of hydrogen-bond donors (Lipinski definition) is 0. The molecule has 3 aromatic rings. The number of anilines is 1. The van der Waals surface area contributed by atoms with Gasteiger partial charge in [-0.15, -0.1) is 11.3 Å². The maximum Gasteiger partial charge on any atom is 0.110 e. The van der Waals surface area contributed by atoms with Crippen LogP contribution in [0.25, 0.3) is 10.1 Å². The Morgan fingerprint density at radius 3 is 2.50 bits per heavy atom. The number of fused-ring (bicyclic) bond motifs is 1. The van der Waals surface area contributed by atoms with E-state index in [-0.39, 0.29) is 0 Å². The lowest BCUT2D eigenvalue weighted by Crippen LogP contribution is -2.46. The molecule has 1 aliphatic rings. The van der Waals surface area contributed by atoms with Crippen LogP contribution in [0, 0.1) is 11.3 Å². The van der Waals surface area contributed by atoms with Crippen molar-refractivity contribution in [3.8, 4) is 6.07 Å². The first-order valence-corrected chi connectivity index (χ1v) is 9.09. The van der Waals surface area contributed by atoms with E-state index in [4.69, 9.17) is 5.26 Å². The molecule has 4 rings (SSSR count). The van der Waals surface area contributed by atoms with Gasteiger partial charge in [0.05, 0.1) is 0 Å². The summed E-state index contributed by atoms with van der Waals surface area (Å²) in [5, 5.41) is 10.4. The van der Waals surface area contributed by atoms with Crippen LogP contribution in [0.1, 0.15) is 10.4 Å². The molecule has 0 unspecified atom stereocenters. The van der Waals surface area contributed by atoms with Gasteiger partial charge in [-0.05, 0) is 23.8 Å². The van der Waals surface area contributed by atoms with Crippen LogP contribution in [-0.2, 0) is 6.54 Å². The highest BCUT2D eigenvalue weighted by Gasteiger charge is 2.19. The second kappa shape index (κ2) is 6.64. The molecule has 2 aromatic carbocycles. The van der Waals surface area contributed by atoms with Gasteiger partial charge in [-0.25, -0.2) is 0 Å². The Morgan fingerprint density at radius 2 is 1.75 bits per heavy atom. The minimum Gasteiger partial charge on any atom is -0.368 e. The lowest BCUT2D eigenvalue weighted by Gasteiger charge is -2.36. The Morgan fingerprint density at radius 1 is 0.958 bits per heavy atom. The third-order valence-corrected chi connectivity index (χ3v) is 5.62. The van der Waals surface area contributed by atoms with E-state index in [2.05, 4.69) is 64.4 Å². The number of piperazine rings is 1. The second-order valence-electron chi connectivity index (χ2n) is 6.16. The zero-order valence-electron chi connectivity index (χ0n) is 13.5. The monoisotopic (exact) mass is 333 g/mol. The van der Waals surface area contributed by atoms with E-state index in [1.54, 1.807) is 11.3 Å². The summed E-state index contributed by atoms with van der Waals surface area (Å²) >= 11 is 1.58. The first-order chi connectivity index (χ1) is 11.8. The summed E-state index contributed by atoms with van der Waals surface area (Å²) in [7, 11) is 0. The molecule has 0 saturated carbocycles. The maximum atomic E-state index is 9.15. The Balaban J connectivity index is 1.48. The molecule has 0 spiro atoms. The minimum absolute atomic E-state index is 0.792. The quantitative estimate of drug-likeness (QED) is 0.723. The molecule has 0 atom stereocenters. The minimum atomic E-state index is 0.792. The molecule has 0 radical (unpaired) electrons. The van der Waals surface area contributed by atoms with Crippen LogP contribution in [0.2, 0.25) is 0 Å². The van der Waals surface area contributed by atoms with Crippen LogP contribution in [0.4, 0.5) is 5.69 Å². The lowest BCUT2D eigenvalue weighted by molar-refractivity contribution is 0.250. The van der Waals surface area contributed by atoms with E-state index in [9.17, 15) is 0 Å². The van der Waals surface area contributed by atoms with E-state index in [1.807, 2.05) is 6.07 Å². The van der Waals surface area contributed by atoms with Gasteiger partial charge in [-0.2, -0.15) is 5.26 Å². The van der Waals surface area contributed by atoms with Gasteiger partial charge in [0.1, 0.15) is 10.9 Å². The molecule has 1 aromatic heterocycles. The van der Waals surface area contributed by atoms with Crippen molar-refractivity contribution in [3.05, 3.63) is 65.0 Å². The highest BCUT2D eigenvalue weighted by atomic mass is 32.1. The number of nitrogens with zero attached hydrogens (tertiary/aromatic N) is 3. The maximum absolute atomic E-state index is 9.15. The zero-order chi connectivity index (χ0) is 16.4. The first kappa shape index (κ1) is 15.2. The van der Waals surface area contributed by atoms with E-state index in [1.165, 1.54) is 21.3 Å². The predicted octanol–water partition coefficient (Wildman–Crippen LogP) is 4.10. The third-order valence-electron chi connectivity index (χ3n) is 4.61. The van der Waals surface area contributed by atoms with E-state index >= 15 is 0 Å². The smallest absolute Gasteiger partial charge is 0.110 e. The predicted molar refractivity (Wildman–Crippen MR) is 100 cm³/mol. The topological polar surface area (TPSA) is 30.3 Å². The van der Waals surface area contributed by atoms with Crippen molar-refractivity contribution in [1.29, 1.82) is 5.26 Å². The molecule has 2 heterocycles. The van der Waals surface area contributed by atoms with Crippen LogP contribution < -0.4 is 4.90 Å². The Hall–Kier alpha value is -2.35. The molecule has 1 saturated heterocycles. The molecule has 3 nitrogen and oxygen atoms in total. The fourth-order valence-electron chi connectivity index (χ4n) is 3.36. The van der Waals surface area contributed by atoms with E-state index in [0.29, 0.717) is 0 Å². The van der Waals surface area contributed by atoms with Gasteiger partial charge in [-0.3, -0.25) is 4.90 Å². The van der Waals surface area contributed by atoms with Crippen molar-refractivity contribution in [1.82, 2.24) is 4.90 Å². The van der Waals surface area contributed by atoms with Gasteiger partial charge in [0.15, 0.2) is 0 Å². The summed E-state index contributed by atoms with van der Waals surface area (Å²) in [6.45, 7) is 5.23. The fourth-order valence-corrected chi connectivity index (χ4v) is 4.24. The summed E-state index contributed by atoms with van der Waals surface area (Å²) < 4.78 is 1.20. The van der Waals surface area contributed by atoms with Crippen molar-refractivity contribution in [3.63, 3.8) is 0 Å². The standard InChI is InChI=1S/C20H19N3S/c21-14-17-13-18-19(7-4-8-20(18)24-17)23-11-9-22(10-12-23)15-16-5-2-1-3-6-16/h1-8,13H,9-12,15H2.